The second-order valence-electron chi connectivity index (χ2n) is 5.69. The maximum absolute atomic E-state index is 11.3. The molecule has 1 heterocycles. The maximum atomic E-state index is 11.3. The number of rotatable bonds is 11. The van der Waals surface area contributed by atoms with Crippen molar-refractivity contribution in [3.8, 4) is 0 Å². The average Bonchev–Trinajstić information content (AvgIpc) is 3.05. The van der Waals surface area contributed by atoms with Crippen molar-refractivity contribution in [2.45, 2.75) is 33.6 Å². The van der Waals surface area contributed by atoms with Gasteiger partial charge in [-0.3, -0.25) is 4.99 Å². The third-order valence-electron chi connectivity index (χ3n) is 3.38. The fourth-order valence-corrected chi connectivity index (χ4v) is 3.58. The molecule has 1 aromatic heterocycles. The highest BCUT2D eigenvalue weighted by Gasteiger charge is 2.06. The normalized spacial score (nSPS) is 13.7. The number of thiophene rings is 1. The largest absolute Gasteiger partial charge is 0.357 e. The van der Waals surface area contributed by atoms with Gasteiger partial charge in [-0.1, -0.05) is 13.0 Å². The second-order valence-corrected chi connectivity index (χ2v) is 8.81. The van der Waals surface area contributed by atoms with E-state index >= 15 is 0 Å². The van der Waals surface area contributed by atoms with Crippen LogP contribution in [-0.4, -0.2) is 46.3 Å². The van der Waals surface area contributed by atoms with Gasteiger partial charge in [0, 0.05) is 31.1 Å². The highest BCUT2D eigenvalue weighted by molar-refractivity contribution is 7.89. The Morgan fingerprint density at radius 2 is 2.08 bits per heavy atom. The molecule has 6 nitrogen and oxygen atoms in total. The minimum atomic E-state index is -3.10. The molecule has 1 atom stereocenters. The Morgan fingerprint density at radius 1 is 1.29 bits per heavy atom. The molecule has 0 spiro atoms. The molecule has 0 aliphatic carbocycles. The molecule has 0 radical (unpaired) electrons. The van der Waals surface area contributed by atoms with Gasteiger partial charge in [0.2, 0.25) is 10.0 Å². The molecule has 8 heteroatoms. The van der Waals surface area contributed by atoms with Crippen molar-refractivity contribution < 1.29 is 8.42 Å². The summed E-state index contributed by atoms with van der Waals surface area (Å²) in [7, 11) is -3.10. The van der Waals surface area contributed by atoms with E-state index in [2.05, 4.69) is 44.8 Å². The SMILES string of the molecule is CCNC(=NCC(C)Cc1cccs1)NCCCNS(=O)(=O)CC. The van der Waals surface area contributed by atoms with Crippen LogP contribution in [-0.2, 0) is 16.4 Å². The number of sulfonamides is 1. The molecule has 0 bridgehead atoms. The van der Waals surface area contributed by atoms with E-state index in [9.17, 15) is 8.42 Å². The molecule has 0 saturated carbocycles. The third-order valence-corrected chi connectivity index (χ3v) is 5.69. The number of aliphatic imine (C=N–C) groups is 1. The van der Waals surface area contributed by atoms with Crippen LogP contribution in [0.2, 0.25) is 0 Å². The first-order valence-electron chi connectivity index (χ1n) is 8.48. The lowest BCUT2D eigenvalue weighted by atomic mass is 10.1. The van der Waals surface area contributed by atoms with E-state index in [0.29, 0.717) is 25.4 Å². The summed E-state index contributed by atoms with van der Waals surface area (Å²) in [6.45, 7) is 8.54. The van der Waals surface area contributed by atoms with Crippen molar-refractivity contribution in [1.82, 2.24) is 15.4 Å². The van der Waals surface area contributed by atoms with E-state index in [1.54, 1.807) is 18.3 Å². The van der Waals surface area contributed by atoms with Crippen LogP contribution in [0.25, 0.3) is 0 Å². The molecule has 138 valence electrons. The first-order valence-corrected chi connectivity index (χ1v) is 11.0. The Morgan fingerprint density at radius 3 is 2.71 bits per heavy atom. The van der Waals surface area contributed by atoms with E-state index in [1.807, 2.05) is 6.92 Å². The van der Waals surface area contributed by atoms with E-state index in [0.717, 1.165) is 25.5 Å². The Labute approximate surface area is 150 Å². The molecule has 0 aliphatic rings. The zero-order chi connectivity index (χ0) is 17.8. The van der Waals surface area contributed by atoms with Gasteiger partial charge in [0.1, 0.15) is 0 Å². The number of nitrogens with zero attached hydrogens (tertiary/aromatic N) is 1. The molecule has 1 rings (SSSR count). The van der Waals surface area contributed by atoms with Crippen LogP contribution in [0, 0.1) is 5.92 Å². The highest BCUT2D eigenvalue weighted by Crippen LogP contribution is 2.14. The smallest absolute Gasteiger partial charge is 0.211 e. The zero-order valence-electron chi connectivity index (χ0n) is 14.8. The number of nitrogens with one attached hydrogen (secondary N) is 3. The summed E-state index contributed by atoms with van der Waals surface area (Å²) in [5.74, 6) is 1.39. The average molecular weight is 375 g/mol. The summed E-state index contributed by atoms with van der Waals surface area (Å²) in [6, 6.07) is 4.24. The molecule has 24 heavy (non-hydrogen) atoms. The summed E-state index contributed by atoms with van der Waals surface area (Å²) >= 11 is 1.78. The fraction of sp³-hybridized carbons (Fsp3) is 0.688. The maximum Gasteiger partial charge on any atom is 0.211 e. The Bertz CT molecular complexity index is 571. The fourth-order valence-electron chi connectivity index (χ4n) is 2.05. The highest BCUT2D eigenvalue weighted by atomic mass is 32.2. The van der Waals surface area contributed by atoms with Crippen molar-refractivity contribution in [2.24, 2.45) is 10.9 Å². The van der Waals surface area contributed by atoms with Gasteiger partial charge in [-0.15, -0.1) is 11.3 Å². The van der Waals surface area contributed by atoms with Crippen LogP contribution in [0.3, 0.4) is 0 Å². The zero-order valence-corrected chi connectivity index (χ0v) is 16.5. The van der Waals surface area contributed by atoms with E-state index in [-0.39, 0.29) is 5.75 Å². The number of hydrogen-bond acceptors (Lipinski definition) is 4. The van der Waals surface area contributed by atoms with Crippen LogP contribution in [0.5, 0.6) is 0 Å². The van der Waals surface area contributed by atoms with Gasteiger partial charge < -0.3 is 10.6 Å². The molecule has 0 fully saturated rings. The number of hydrogen-bond donors (Lipinski definition) is 3. The molecule has 0 amide bonds. The second kappa shape index (κ2) is 11.4. The van der Waals surface area contributed by atoms with Crippen molar-refractivity contribution in [3.63, 3.8) is 0 Å². The number of guanidine groups is 1. The quantitative estimate of drug-likeness (QED) is 0.313. The van der Waals surface area contributed by atoms with Crippen LogP contribution in [0.1, 0.15) is 32.1 Å². The van der Waals surface area contributed by atoms with Crippen LogP contribution in [0.4, 0.5) is 0 Å². The topological polar surface area (TPSA) is 82.6 Å². The van der Waals surface area contributed by atoms with Gasteiger partial charge in [-0.25, -0.2) is 13.1 Å². The summed E-state index contributed by atoms with van der Waals surface area (Å²) < 4.78 is 25.2. The van der Waals surface area contributed by atoms with Gasteiger partial charge in [-0.2, -0.15) is 0 Å². The van der Waals surface area contributed by atoms with Crippen LogP contribution < -0.4 is 15.4 Å². The van der Waals surface area contributed by atoms with Gasteiger partial charge in [0.25, 0.3) is 0 Å². The molecule has 1 unspecified atom stereocenters. The summed E-state index contributed by atoms with van der Waals surface area (Å²) in [5, 5.41) is 8.56. The molecule has 3 N–H and O–H groups in total. The van der Waals surface area contributed by atoms with Crippen LogP contribution >= 0.6 is 11.3 Å². The van der Waals surface area contributed by atoms with Crippen molar-refractivity contribution >= 4 is 27.3 Å². The Kier molecular flexibility index (Phi) is 9.97. The van der Waals surface area contributed by atoms with Crippen molar-refractivity contribution in [3.05, 3.63) is 22.4 Å². The van der Waals surface area contributed by atoms with E-state index in [1.165, 1.54) is 4.88 Å². The van der Waals surface area contributed by atoms with Gasteiger partial charge >= 0.3 is 0 Å². The predicted molar refractivity (Wildman–Crippen MR) is 103 cm³/mol. The molecule has 1 aromatic rings. The van der Waals surface area contributed by atoms with Gasteiger partial charge in [0.15, 0.2) is 5.96 Å². The third kappa shape index (κ3) is 9.24. The first kappa shape index (κ1) is 20.9. The molecule has 0 aromatic carbocycles. The predicted octanol–water partition coefficient (Wildman–Crippen LogP) is 1.81. The molecular formula is C16H30N4O2S2. The summed E-state index contributed by atoms with van der Waals surface area (Å²) in [4.78, 5) is 6.00. The van der Waals surface area contributed by atoms with Gasteiger partial charge in [-0.05, 0) is 44.1 Å². The van der Waals surface area contributed by atoms with Crippen LogP contribution in [0.15, 0.2) is 22.5 Å². The lowest BCUT2D eigenvalue weighted by Gasteiger charge is -2.13. The van der Waals surface area contributed by atoms with Gasteiger partial charge in [0.05, 0.1) is 5.75 Å². The van der Waals surface area contributed by atoms with Crippen molar-refractivity contribution in [1.29, 1.82) is 0 Å². The molecule has 0 saturated heterocycles. The van der Waals surface area contributed by atoms with E-state index < -0.39 is 10.0 Å². The minimum Gasteiger partial charge on any atom is -0.357 e. The summed E-state index contributed by atoms with van der Waals surface area (Å²) in [6.07, 6.45) is 1.76. The summed E-state index contributed by atoms with van der Waals surface area (Å²) in [5.41, 5.74) is 0. The Hall–Kier alpha value is -1.12. The minimum absolute atomic E-state index is 0.118. The van der Waals surface area contributed by atoms with Crippen molar-refractivity contribution in [2.75, 3.05) is 31.9 Å². The first-order chi connectivity index (χ1) is 11.5. The molecular weight excluding hydrogens is 344 g/mol. The Balaban J connectivity index is 2.31. The lowest BCUT2D eigenvalue weighted by molar-refractivity contribution is 0.578. The standard InChI is InChI=1S/C16H30N4O2S2/c1-4-17-16(18-9-7-10-20-24(21,22)5-2)19-13-14(3)12-15-8-6-11-23-15/h6,8,11,14,20H,4-5,7,9-10,12-13H2,1-3H3,(H2,17,18,19). The monoisotopic (exact) mass is 374 g/mol. The molecule has 0 aliphatic heterocycles. The van der Waals surface area contributed by atoms with E-state index in [4.69, 9.17) is 0 Å². The lowest BCUT2D eigenvalue weighted by Crippen LogP contribution is -2.39.